The Morgan fingerprint density at radius 2 is 1.88 bits per heavy atom. The second-order valence-electron chi connectivity index (χ2n) is 4.80. The third kappa shape index (κ3) is 4.29. The summed E-state index contributed by atoms with van der Waals surface area (Å²) < 4.78 is 1.09. The van der Waals surface area contributed by atoms with Gasteiger partial charge in [0.15, 0.2) is 0 Å². The van der Waals surface area contributed by atoms with E-state index >= 15 is 0 Å². The van der Waals surface area contributed by atoms with Crippen molar-refractivity contribution in [2.45, 2.75) is 44.6 Å². The Morgan fingerprint density at radius 1 is 1.12 bits per heavy atom. The molecule has 0 fully saturated rings. The summed E-state index contributed by atoms with van der Waals surface area (Å²) in [5.74, 6) is 0. The number of hydrogen-bond acceptors (Lipinski definition) is 1. The molecule has 1 unspecified atom stereocenters. The summed E-state index contributed by atoms with van der Waals surface area (Å²) in [6.45, 7) is 0. The molecular formula is C15H19BrO. The lowest BCUT2D eigenvalue weighted by atomic mass is 9.93. The van der Waals surface area contributed by atoms with Crippen LogP contribution in [0.2, 0.25) is 0 Å². The number of aliphatic hydroxyl groups is 1. The van der Waals surface area contributed by atoms with Crippen LogP contribution in [0.25, 0.3) is 0 Å². The van der Waals surface area contributed by atoms with Crippen LogP contribution in [0.5, 0.6) is 0 Å². The van der Waals surface area contributed by atoms with E-state index in [1.807, 2.05) is 12.1 Å². The summed E-state index contributed by atoms with van der Waals surface area (Å²) in [5, 5.41) is 10.1. The van der Waals surface area contributed by atoms with Gasteiger partial charge in [-0.15, -0.1) is 0 Å². The van der Waals surface area contributed by atoms with Gasteiger partial charge in [0.1, 0.15) is 0 Å². The lowest BCUT2D eigenvalue weighted by Crippen LogP contribution is -2.12. The molecule has 1 aliphatic rings. The summed E-state index contributed by atoms with van der Waals surface area (Å²) in [4.78, 5) is 0. The van der Waals surface area contributed by atoms with Crippen LogP contribution in [0.3, 0.4) is 0 Å². The number of rotatable bonds is 4. The van der Waals surface area contributed by atoms with Crippen LogP contribution in [-0.2, 0) is 6.42 Å². The SMILES string of the molecule is OC(CC1=CCCCC1)Cc1ccc(Br)cc1. The first kappa shape index (κ1) is 12.8. The van der Waals surface area contributed by atoms with E-state index < -0.39 is 0 Å². The third-order valence-electron chi connectivity index (χ3n) is 3.27. The fraction of sp³-hybridized carbons (Fsp3) is 0.467. The third-order valence-corrected chi connectivity index (χ3v) is 3.80. The van der Waals surface area contributed by atoms with Crippen LogP contribution < -0.4 is 0 Å². The first-order valence-electron chi connectivity index (χ1n) is 6.34. The van der Waals surface area contributed by atoms with Crippen molar-refractivity contribution in [3.63, 3.8) is 0 Å². The van der Waals surface area contributed by atoms with Crippen LogP contribution in [0.15, 0.2) is 40.4 Å². The highest BCUT2D eigenvalue weighted by Gasteiger charge is 2.10. The smallest absolute Gasteiger partial charge is 0.0617 e. The summed E-state index contributed by atoms with van der Waals surface area (Å²) in [6.07, 6.45) is 8.65. The van der Waals surface area contributed by atoms with Crippen molar-refractivity contribution in [1.82, 2.24) is 0 Å². The standard InChI is InChI=1S/C15H19BrO/c16-14-8-6-13(7-9-14)11-15(17)10-12-4-2-1-3-5-12/h4,6-9,15,17H,1-3,5,10-11H2. The predicted octanol–water partition coefficient (Wildman–Crippen LogP) is 4.24. The van der Waals surface area contributed by atoms with Gasteiger partial charge in [0, 0.05) is 4.47 Å². The summed E-state index contributed by atoms with van der Waals surface area (Å²) in [5.41, 5.74) is 2.65. The van der Waals surface area contributed by atoms with Crippen molar-refractivity contribution in [1.29, 1.82) is 0 Å². The maximum absolute atomic E-state index is 10.1. The van der Waals surface area contributed by atoms with Crippen molar-refractivity contribution in [3.05, 3.63) is 46.0 Å². The second kappa shape index (κ2) is 6.36. The molecule has 0 aliphatic heterocycles. The van der Waals surface area contributed by atoms with Crippen LogP contribution in [-0.4, -0.2) is 11.2 Å². The van der Waals surface area contributed by atoms with Gasteiger partial charge in [-0.05, 0) is 56.2 Å². The van der Waals surface area contributed by atoms with Crippen LogP contribution >= 0.6 is 15.9 Å². The van der Waals surface area contributed by atoms with E-state index in [4.69, 9.17) is 0 Å². The van der Waals surface area contributed by atoms with Gasteiger partial charge >= 0.3 is 0 Å². The molecule has 1 atom stereocenters. The Morgan fingerprint density at radius 3 is 2.53 bits per heavy atom. The quantitative estimate of drug-likeness (QED) is 0.824. The molecule has 0 saturated carbocycles. The highest BCUT2D eigenvalue weighted by Crippen LogP contribution is 2.22. The van der Waals surface area contributed by atoms with Gasteiger partial charge < -0.3 is 5.11 Å². The molecule has 1 N–H and O–H groups in total. The highest BCUT2D eigenvalue weighted by atomic mass is 79.9. The van der Waals surface area contributed by atoms with Gasteiger partial charge in [-0.3, -0.25) is 0 Å². The van der Waals surface area contributed by atoms with E-state index in [2.05, 4.69) is 34.1 Å². The molecule has 1 aromatic rings. The summed E-state index contributed by atoms with van der Waals surface area (Å²) in [7, 11) is 0. The fourth-order valence-corrected chi connectivity index (χ4v) is 2.62. The summed E-state index contributed by atoms with van der Waals surface area (Å²) in [6, 6.07) is 8.20. The van der Waals surface area contributed by atoms with Crippen LogP contribution in [0.1, 0.15) is 37.7 Å². The van der Waals surface area contributed by atoms with Crippen LogP contribution in [0, 0.1) is 0 Å². The molecule has 92 valence electrons. The van der Waals surface area contributed by atoms with Gasteiger partial charge in [-0.25, -0.2) is 0 Å². The minimum Gasteiger partial charge on any atom is -0.392 e. The minimum absolute atomic E-state index is 0.236. The average molecular weight is 295 g/mol. The summed E-state index contributed by atoms with van der Waals surface area (Å²) >= 11 is 3.42. The molecule has 0 heterocycles. The van der Waals surface area contributed by atoms with E-state index in [0.717, 1.165) is 17.3 Å². The Bertz CT molecular complexity index is 380. The molecule has 17 heavy (non-hydrogen) atoms. The van der Waals surface area contributed by atoms with E-state index in [1.165, 1.54) is 36.8 Å². The van der Waals surface area contributed by atoms with Crippen molar-refractivity contribution < 1.29 is 5.11 Å². The molecule has 1 aromatic carbocycles. The Hall–Kier alpha value is -0.600. The zero-order valence-corrected chi connectivity index (χ0v) is 11.6. The van der Waals surface area contributed by atoms with Crippen molar-refractivity contribution in [2.75, 3.05) is 0 Å². The first-order valence-corrected chi connectivity index (χ1v) is 7.14. The molecule has 1 aliphatic carbocycles. The Kier molecular flexibility index (Phi) is 4.81. The van der Waals surface area contributed by atoms with Gasteiger partial charge in [-0.1, -0.05) is 39.7 Å². The highest BCUT2D eigenvalue weighted by molar-refractivity contribution is 9.10. The molecular weight excluding hydrogens is 276 g/mol. The molecule has 0 bridgehead atoms. The number of hydrogen-bond donors (Lipinski definition) is 1. The maximum Gasteiger partial charge on any atom is 0.0617 e. The topological polar surface area (TPSA) is 20.2 Å². The molecule has 0 amide bonds. The van der Waals surface area contributed by atoms with E-state index in [1.54, 1.807) is 0 Å². The van der Waals surface area contributed by atoms with E-state index in [9.17, 15) is 5.11 Å². The van der Waals surface area contributed by atoms with Crippen molar-refractivity contribution >= 4 is 15.9 Å². The number of allylic oxidation sites excluding steroid dienone is 1. The van der Waals surface area contributed by atoms with Crippen molar-refractivity contribution in [3.8, 4) is 0 Å². The molecule has 1 nitrogen and oxygen atoms in total. The van der Waals surface area contributed by atoms with Gasteiger partial charge in [-0.2, -0.15) is 0 Å². The molecule has 0 aromatic heterocycles. The molecule has 2 rings (SSSR count). The van der Waals surface area contributed by atoms with E-state index in [0.29, 0.717) is 0 Å². The zero-order valence-electron chi connectivity index (χ0n) is 10.0. The van der Waals surface area contributed by atoms with E-state index in [-0.39, 0.29) is 6.10 Å². The number of halogens is 1. The van der Waals surface area contributed by atoms with Gasteiger partial charge in [0.05, 0.1) is 6.10 Å². The normalized spacial score (nSPS) is 17.6. The second-order valence-corrected chi connectivity index (χ2v) is 5.71. The Labute approximate surface area is 112 Å². The van der Waals surface area contributed by atoms with Crippen molar-refractivity contribution in [2.24, 2.45) is 0 Å². The molecule has 2 heteroatoms. The molecule has 0 radical (unpaired) electrons. The fourth-order valence-electron chi connectivity index (χ4n) is 2.36. The van der Waals surface area contributed by atoms with Gasteiger partial charge in [0.2, 0.25) is 0 Å². The largest absolute Gasteiger partial charge is 0.392 e. The monoisotopic (exact) mass is 294 g/mol. The van der Waals surface area contributed by atoms with Crippen LogP contribution in [0.4, 0.5) is 0 Å². The number of benzene rings is 1. The minimum atomic E-state index is -0.236. The maximum atomic E-state index is 10.1. The number of aliphatic hydroxyl groups excluding tert-OH is 1. The lowest BCUT2D eigenvalue weighted by molar-refractivity contribution is 0.173. The predicted molar refractivity (Wildman–Crippen MR) is 75.0 cm³/mol. The average Bonchev–Trinajstić information content (AvgIpc) is 2.33. The lowest BCUT2D eigenvalue weighted by Gasteiger charge is -2.16. The Balaban J connectivity index is 1.86. The first-order chi connectivity index (χ1) is 8.24. The zero-order chi connectivity index (χ0) is 12.1. The molecule has 0 saturated heterocycles. The molecule has 0 spiro atoms. The van der Waals surface area contributed by atoms with Gasteiger partial charge in [0.25, 0.3) is 0 Å².